The van der Waals surface area contributed by atoms with Gasteiger partial charge in [-0.25, -0.2) is 0 Å². The number of hydrogen-bond donors (Lipinski definition) is 0. The molecule has 1 aliphatic heterocycles. The Labute approximate surface area is 186 Å². The van der Waals surface area contributed by atoms with Crippen molar-refractivity contribution >= 4 is 35.0 Å². The fraction of sp³-hybridized carbons (Fsp3) is 0.250. The fourth-order valence-electron chi connectivity index (χ4n) is 3.62. The monoisotopic (exact) mass is 443 g/mol. The van der Waals surface area contributed by atoms with Crippen LogP contribution >= 0.6 is 35.0 Å². The molecule has 3 aromatic carbocycles. The van der Waals surface area contributed by atoms with E-state index >= 15 is 0 Å². The van der Waals surface area contributed by atoms with Crippen molar-refractivity contribution in [1.82, 2.24) is 4.90 Å². The lowest BCUT2D eigenvalue weighted by Gasteiger charge is -2.37. The summed E-state index contributed by atoms with van der Waals surface area (Å²) in [4.78, 5) is 3.65. The van der Waals surface area contributed by atoms with E-state index in [4.69, 9.17) is 27.9 Å². The van der Waals surface area contributed by atoms with Crippen LogP contribution in [0.25, 0.3) is 0 Å². The first kappa shape index (κ1) is 20.8. The van der Waals surface area contributed by atoms with Crippen LogP contribution in [0, 0.1) is 0 Å². The van der Waals surface area contributed by atoms with E-state index in [1.54, 1.807) is 11.8 Å². The molecule has 1 saturated heterocycles. The number of nitrogens with zero attached hydrogens (tertiary/aromatic N) is 1. The molecule has 2 nitrogen and oxygen atoms in total. The second-order valence-corrected chi connectivity index (χ2v) is 9.21. The van der Waals surface area contributed by atoms with Crippen LogP contribution in [0.15, 0.2) is 83.8 Å². The van der Waals surface area contributed by atoms with Crippen LogP contribution in [-0.4, -0.2) is 30.7 Å². The molecule has 0 bridgehead atoms. The Hall–Kier alpha value is -1.49. The lowest BCUT2D eigenvalue weighted by Crippen LogP contribution is -2.44. The average Bonchev–Trinajstić information content (AvgIpc) is 2.76. The van der Waals surface area contributed by atoms with Gasteiger partial charge in [-0.05, 0) is 41.5 Å². The summed E-state index contributed by atoms with van der Waals surface area (Å²) in [5.41, 5.74) is 2.35. The zero-order valence-electron chi connectivity index (χ0n) is 16.0. The zero-order valence-corrected chi connectivity index (χ0v) is 18.3. The average molecular weight is 444 g/mol. The number of ether oxygens (including phenoxy) is 1. The van der Waals surface area contributed by atoms with Gasteiger partial charge in [0.05, 0.1) is 18.0 Å². The van der Waals surface area contributed by atoms with E-state index in [1.165, 1.54) is 10.5 Å². The smallest absolute Gasteiger partial charge is 0.0865 e. The third-order valence-electron chi connectivity index (χ3n) is 5.04. The molecule has 0 radical (unpaired) electrons. The molecule has 1 fully saturated rings. The summed E-state index contributed by atoms with van der Waals surface area (Å²) in [6, 6.07) is 26.7. The maximum atomic E-state index is 6.60. The zero-order chi connectivity index (χ0) is 20.1. The number of halogens is 2. The third kappa shape index (κ3) is 5.56. The van der Waals surface area contributed by atoms with E-state index in [2.05, 4.69) is 59.5 Å². The summed E-state index contributed by atoms with van der Waals surface area (Å²) in [5.74, 6) is 0. The van der Waals surface area contributed by atoms with Crippen LogP contribution in [0.1, 0.15) is 16.4 Å². The van der Waals surface area contributed by atoms with Gasteiger partial charge >= 0.3 is 0 Å². The van der Waals surface area contributed by atoms with Crippen molar-refractivity contribution in [2.75, 3.05) is 19.7 Å². The molecule has 29 heavy (non-hydrogen) atoms. The molecule has 0 aliphatic carbocycles. The van der Waals surface area contributed by atoms with Crippen LogP contribution in [0.3, 0.4) is 0 Å². The summed E-state index contributed by atoms with van der Waals surface area (Å²) in [6.07, 6.45) is 0.0219. The van der Waals surface area contributed by atoms with Crippen molar-refractivity contribution in [3.8, 4) is 0 Å². The Bertz CT molecular complexity index is 923. The summed E-state index contributed by atoms with van der Waals surface area (Å²) in [6.45, 7) is 3.41. The van der Waals surface area contributed by atoms with Crippen LogP contribution in [0.2, 0.25) is 10.0 Å². The minimum absolute atomic E-state index is 0.0219. The first-order valence-electron chi connectivity index (χ1n) is 9.73. The van der Waals surface area contributed by atoms with E-state index in [-0.39, 0.29) is 11.4 Å². The van der Waals surface area contributed by atoms with Gasteiger partial charge < -0.3 is 4.74 Å². The van der Waals surface area contributed by atoms with Gasteiger partial charge in [0.2, 0.25) is 0 Å². The molecule has 0 aromatic heterocycles. The lowest BCUT2D eigenvalue weighted by molar-refractivity contribution is -0.0319. The molecule has 0 amide bonds. The highest BCUT2D eigenvalue weighted by Gasteiger charge is 2.31. The van der Waals surface area contributed by atoms with E-state index in [0.29, 0.717) is 11.6 Å². The highest BCUT2D eigenvalue weighted by molar-refractivity contribution is 7.99. The minimum atomic E-state index is 0.0219. The van der Waals surface area contributed by atoms with Crippen LogP contribution in [-0.2, 0) is 11.3 Å². The Kier molecular flexibility index (Phi) is 7.17. The predicted molar refractivity (Wildman–Crippen MR) is 123 cm³/mol. The molecule has 4 rings (SSSR count). The molecule has 0 N–H and O–H groups in total. The van der Waals surface area contributed by atoms with Crippen molar-refractivity contribution < 1.29 is 4.74 Å². The van der Waals surface area contributed by atoms with Gasteiger partial charge in [0.1, 0.15) is 0 Å². The maximum absolute atomic E-state index is 6.60. The summed E-state index contributed by atoms with van der Waals surface area (Å²) >= 11 is 14.7. The second kappa shape index (κ2) is 10.0. The summed E-state index contributed by atoms with van der Waals surface area (Å²) in [5, 5.41) is 1.48. The molecular formula is C24H23Cl2NOS. The largest absolute Gasteiger partial charge is 0.374 e. The molecule has 0 unspecified atom stereocenters. The Morgan fingerprint density at radius 1 is 0.966 bits per heavy atom. The van der Waals surface area contributed by atoms with Gasteiger partial charge in [-0.3, -0.25) is 4.90 Å². The van der Waals surface area contributed by atoms with Gasteiger partial charge in [-0.1, -0.05) is 71.7 Å². The highest BCUT2D eigenvalue weighted by Crippen LogP contribution is 2.43. The first-order chi connectivity index (χ1) is 14.2. The lowest BCUT2D eigenvalue weighted by atomic mass is 10.1. The van der Waals surface area contributed by atoms with Crippen molar-refractivity contribution in [3.05, 3.63) is 100 Å². The molecule has 0 spiro atoms. The number of morpholine rings is 1. The van der Waals surface area contributed by atoms with Gasteiger partial charge in [0.15, 0.2) is 0 Å². The maximum Gasteiger partial charge on any atom is 0.0865 e. The van der Waals surface area contributed by atoms with E-state index < -0.39 is 0 Å². The van der Waals surface area contributed by atoms with E-state index in [9.17, 15) is 0 Å². The molecule has 0 saturated carbocycles. The van der Waals surface area contributed by atoms with Crippen molar-refractivity contribution in [2.24, 2.45) is 0 Å². The Balaban J connectivity index is 1.58. The number of hydrogen-bond acceptors (Lipinski definition) is 3. The van der Waals surface area contributed by atoms with Gasteiger partial charge in [-0.15, -0.1) is 11.8 Å². The SMILES string of the molecule is Clc1ccc(Cl)c([C@@H](Sc2ccccc2)[C@H]2CN(Cc3ccccc3)CCO2)c1. The second-order valence-electron chi connectivity index (χ2n) is 7.15. The molecule has 5 heteroatoms. The third-order valence-corrected chi connectivity index (χ3v) is 6.97. The van der Waals surface area contributed by atoms with Crippen LogP contribution < -0.4 is 0 Å². The number of thioether (sulfide) groups is 1. The molecule has 150 valence electrons. The van der Waals surface area contributed by atoms with Crippen molar-refractivity contribution in [3.63, 3.8) is 0 Å². The van der Waals surface area contributed by atoms with E-state index in [0.717, 1.165) is 30.2 Å². The molecule has 2 atom stereocenters. The molecule has 3 aromatic rings. The molecular weight excluding hydrogens is 421 g/mol. The highest BCUT2D eigenvalue weighted by atomic mass is 35.5. The summed E-state index contributed by atoms with van der Waals surface area (Å²) in [7, 11) is 0. The van der Waals surface area contributed by atoms with Gasteiger partial charge in [0, 0.05) is 34.6 Å². The minimum Gasteiger partial charge on any atom is -0.374 e. The van der Waals surface area contributed by atoms with Crippen molar-refractivity contribution in [1.29, 1.82) is 0 Å². The van der Waals surface area contributed by atoms with Crippen molar-refractivity contribution in [2.45, 2.75) is 22.8 Å². The fourth-order valence-corrected chi connectivity index (χ4v) is 5.34. The number of benzene rings is 3. The Morgan fingerprint density at radius 2 is 1.69 bits per heavy atom. The van der Waals surface area contributed by atoms with E-state index in [1.807, 2.05) is 24.3 Å². The van der Waals surface area contributed by atoms with Crippen LogP contribution in [0.4, 0.5) is 0 Å². The molecule has 1 heterocycles. The normalized spacial score (nSPS) is 18.5. The molecule has 1 aliphatic rings. The quantitative estimate of drug-likeness (QED) is 0.391. The standard InChI is InChI=1S/C24H23Cl2NOS/c25-19-11-12-22(26)21(15-19)24(29-20-9-5-2-6-10-20)23-17-27(13-14-28-23)16-18-7-3-1-4-8-18/h1-12,15,23-24H,13-14,16-17H2/t23-,24-/m1/s1. The number of rotatable bonds is 6. The predicted octanol–water partition coefficient (Wildman–Crippen LogP) is 6.73. The van der Waals surface area contributed by atoms with Gasteiger partial charge in [0.25, 0.3) is 0 Å². The topological polar surface area (TPSA) is 12.5 Å². The van der Waals surface area contributed by atoms with Crippen LogP contribution in [0.5, 0.6) is 0 Å². The first-order valence-corrected chi connectivity index (χ1v) is 11.4. The Morgan fingerprint density at radius 3 is 2.45 bits per heavy atom. The summed E-state index contributed by atoms with van der Waals surface area (Å²) < 4.78 is 6.27. The van der Waals surface area contributed by atoms with Gasteiger partial charge in [-0.2, -0.15) is 0 Å².